The number of carbonyl (C=O) groups excluding carboxylic acids is 1. The number of hydrogen-bond acceptors (Lipinski definition) is 6. The number of rotatable bonds is 6. The predicted molar refractivity (Wildman–Crippen MR) is 102 cm³/mol. The minimum absolute atomic E-state index is 0.0214. The summed E-state index contributed by atoms with van der Waals surface area (Å²) >= 11 is 0. The zero-order chi connectivity index (χ0) is 22.3. The molecule has 32 heavy (non-hydrogen) atoms. The second-order valence-electron chi connectivity index (χ2n) is 9.58. The van der Waals surface area contributed by atoms with Gasteiger partial charge in [0.2, 0.25) is 11.8 Å². The zero-order valence-corrected chi connectivity index (χ0v) is 17.0. The molecule has 5 atom stereocenters. The highest BCUT2D eigenvalue weighted by atomic mass is 19.4. The Balaban J connectivity index is 1.20. The number of aromatic nitrogens is 2. The molecule has 10 heteroatoms. The molecule has 0 spiro atoms. The highest BCUT2D eigenvalue weighted by molar-refractivity contribution is 5.80. The molecule has 1 aromatic carbocycles. The number of primary amides is 1. The van der Waals surface area contributed by atoms with Crippen LogP contribution in [0.25, 0.3) is 0 Å². The fourth-order valence-corrected chi connectivity index (χ4v) is 6.10. The Bertz CT molecular complexity index is 1060. The van der Waals surface area contributed by atoms with Crippen LogP contribution in [0.2, 0.25) is 0 Å². The van der Waals surface area contributed by atoms with Crippen molar-refractivity contribution < 1.29 is 31.9 Å². The van der Waals surface area contributed by atoms with Gasteiger partial charge in [0, 0.05) is 17.8 Å². The average Bonchev–Trinajstić information content (AvgIpc) is 3.33. The minimum Gasteiger partial charge on any atom is -0.480 e. The topological polar surface area (TPSA) is 100 Å². The number of ether oxygens (including phenoxy) is 2. The van der Waals surface area contributed by atoms with Crippen LogP contribution in [-0.2, 0) is 16.0 Å². The van der Waals surface area contributed by atoms with Gasteiger partial charge in [0.15, 0.2) is 6.10 Å². The van der Waals surface area contributed by atoms with Gasteiger partial charge in [0.25, 0.3) is 5.91 Å². The number of nitrogens with zero attached hydrogens (tertiary/aromatic N) is 2. The quantitative estimate of drug-likeness (QED) is 0.726. The van der Waals surface area contributed by atoms with Crippen molar-refractivity contribution in [1.29, 1.82) is 0 Å². The molecule has 4 aliphatic carbocycles. The minimum atomic E-state index is -4.63. The van der Waals surface area contributed by atoms with Crippen molar-refractivity contribution in [3.63, 3.8) is 0 Å². The van der Waals surface area contributed by atoms with E-state index in [0.29, 0.717) is 36.3 Å². The smallest absolute Gasteiger partial charge is 0.480 e. The molecule has 4 fully saturated rings. The summed E-state index contributed by atoms with van der Waals surface area (Å²) in [7, 11) is 0. The average molecular weight is 449 g/mol. The highest BCUT2D eigenvalue weighted by Crippen LogP contribution is 2.77. The molecule has 1 aromatic heterocycles. The second-order valence-corrected chi connectivity index (χ2v) is 9.58. The van der Waals surface area contributed by atoms with E-state index in [9.17, 15) is 18.0 Å². The van der Waals surface area contributed by atoms with Crippen molar-refractivity contribution in [2.45, 2.75) is 50.0 Å². The summed E-state index contributed by atoms with van der Waals surface area (Å²) in [5, 5.41) is 8.36. The van der Waals surface area contributed by atoms with Gasteiger partial charge in [0.1, 0.15) is 5.75 Å². The molecule has 2 heterocycles. The number of amides is 1. The lowest BCUT2D eigenvalue weighted by molar-refractivity contribution is -0.326. The first-order valence-corrected chi connectivity index (χ1v) is 10.8. The molecule has 0 saturated heterocycles. The van der Waals surface area contributed by atoms with Gasteiger partial charge in [-0.3, -0.25) is 9.53 Å². The van der Waals surface area contributed by atoms with Crippen LogP contribution in [0.3, 0.4) is 0 Å². The summed E-state index contributed by atoms with van der Waals surface area (Å²) in [6.45, 7) is -0.402. The van der Waals surface area contributed by atoms with Gasteiger partial charge in [0.05, 0.1) is 6.61 Å². The van der Waals surface area contributed by atoms with Crippen LogP contribution in [0.15, 0.2) is 28.7 Å². The van der Waals surface area contributed by atoms with Gasteiger partial charge in [-0.2, -0.15) is 0 Å². The van der Waals surface area contributed by atoms with Crippen LogP contribution in [0.5, 0.6) is 5.75 Å². The summed E-state index contributed by atoms with van der Waals surface area (Å²) in [5.74, 6) is 0.952. The Morgan fingerprint density at radius 2 is 1.97 bits per heavy atom. The lowest BCUT2D eigenvalue weighted by Gasteiger charge is -2.71. The largest absolute Gasteiger partial charge is 0.522 e. The zero-order valence-electron chi connectivity index (χ0n) is 17.0. The van der Waals surface area contributed by atoms with E-state index in [1.165, 1.54) is 0 Å². The molecule has 2 N–H and O–H groups in total. The van der Waals surface area contributed by atoms with E-state index in [0.717, 1.165) is 18.4 Å². The number of fused-ring (bicyclic) bond motifs is 1. The first-order chi connectivity index (χ1) is 15.2. The first kappa shape index (κ1) is 20.0. The molecule has 3 unspecified atom stereocenters. The molecular weight excluding hydrogens is 427 g/mol. The third-order valence-electron chi connectivity index (χ3n) is 7.85. The van der Waals surface area contributed by atoms with Gasteiger partial charge in [-0.05, 0) is 54.6 Å². The fraction of sp³-hybridized carbons (Fsp3) is 0.591. The lowest BCUT2D eigenvalue weighted by Crippen LogP contribution is -2.67. The van der Waals surface area contributed by atoms with Crippen molar-refractivity contribution in [3.8, 4) is 5.75 Å². The van der Waals surface area contributed by atoms with Crippen LogP contribution >= 0.6 is 0 Å². The Morgan fingerprint density at radius 1 is 1.22 bits per heavy atom. The summed E-state index contributed by atoms with van der Waals surface area (Å²) in [6, 6.07) is 7.66. The summed E-state index contributed by atoms with van der Waals surface area (Å²) in [5.41, 5.74) is 6.57. The number of halogens is 3. The Kier molecular flexibility index (Phi) is 4.19. The predicted octanol–water partition coefficient (Wildman–Crippen LogP) is 3.31. The number of alkyl halides is 3. The Labute approximate surface area is 181 Å². The summed E-state index contributed by atoms with van der Waals surface area (Å²) in [6.07, 6.45) is -2.24. The lowest BCUT2D eigenvalue weighted by atomic mass is 9.33. The summed E-state index contributed by atoms with van der Waals surface area (Å²) in [4.78, 5) is 12.2. The van der Waals surface area contributed by atoms with Crippen molar-refractivity contribution in [1.82, 2.24) is 10.2 Å². The van der Waals surface area contributed by atoms with Gasteiger partial charge in [-0.25, -0.2) is 0 Å². The van der Waals surface area contributed by atoms with E-state index in [-0.39, 0.29) is 29.1 Å². The van der Waals surface area contributed by atoms with Gasteiger partial charge in [-0.15, -0.1) is 23.4 Å². The van der Waals surface area contributed by atoms with E-state index in [2.05, 4.69) is 14.9 Å². The van der Waals surface area contributed by atoms with E-state index in [1.54, 1.807) is 0 Å². The van der Waals surface area contributed by atoms with Crippen molar-refractivity contribution in [2.24, 2.45) is 28.9 Å². The number of benzene rings is 1. The fourth-order valence-electron chi connectivity index (χ4n) is 6.10. The standard InChI is InChI=1S/C22H22F3N3O4/c23-22(24,25)30-9-11-5-13(11)19-27-28-20(32-19)16-12-7-21(16,8-12)14-6-10-3-1-2-4-15(10)31-17(14)18(26)29/h1-4,11-14,16-17H,5-9H2,(H2,26,29)/t11-,12?,13+,14?,16?,17?,21?/m0/s1. The molecule has 5 aliphatic rings. The molecule has 7 nitrogen and oxygen atoms in total. The number of nitrogens with two attached hydrogens (primary N) is 1. The third-order valence-corrected chi connectivity index (χ3v) is 7.85. The van der Waals surface area contributed by atoms with Crippen molar-refractivity contribution in [2.75, 3.05) is 6.61 Å². The number of carbonyl (C=O) groups is 1. The van der Waals surface area contributed by atoms with E-state index < -0.39 is 25.0 Å². The van der Waals surface area contributed by atoms with Crippen LogP contribution in [0.1, 0.15) is 48.4 Å². The van der Waals surface area contributed by atoms with Gasteiger partial charge >= 0.3 is 6.36 Å². The highest BCUT2D eigenvalue weighted by Gasteiger charge is 2.72. The van der Waals surface area contributed by atoms with E-state index in [4.69, 9.17) is 14.9 Å². The van der Waals surface area contributed by atoms with Crippen LogP contribution in [0.4, 0.5) is 13.2 Å². The van der Waals surface area contributed by atoms with Gasteiger partial charge < -0.3 is 14.9 Å². The Morgan fingerprint density at radius 3 is 2.66 bits per heavy atom. The first-order valence-electron chi connectivity index (χ1n) is 10.8. The molecule has 0 radical (unpaired) electrons. The van der Waals surface area contributed by atoms with Crippen molar-refractivity contribution >= 4 is 5.91 Å². The SMILES string of the molecule is NC(=O)C1Oc2ccccc2CC1C12CC(C1)C2c1nnc([C@@H]2C[C@H]2COC(F)(F)F)o1. The van der Waals surface area contributed by atoms with Crippen LogP contribution in [-0.4, -0.2) is 35.2 Å². The number of para-hydroxylation sites is 1. The van der Waals surface area contributed by atoms with E-state index >= 15 is 0 Å². The van der Waals surface area contributed by atoms with Crippen LogP contribution in [0, 0.1) is 23.2 Å². The second kappa shape index (κ2) is 6.69. The molecule has 4 saturated carbocycles. The van der Waals surface area contributed by atoms with Crippen molar-refractivity contribution in [3.05, 3.63) is 41.6 Å². The molecule has 170 valence electrons. The van der Waals surface area contributed by atoms with Crippen LogP contribution < -0.4 is 10.5 Å². The van der Waals surface area contributed by atoms with E-state index in [1.807, 2.05) is 24.3 Å². The third kappa shape index (κ3) is 3.02. The molecular formula is C22H22F3N3O4. The maximum absolute atomic E-state index is 12.3. The maximum atomic E-state index is 12.3. The Hall–Kier alpha value is -2.62. The normalized spacial score (nSPS) is 37.0. The monoisotopic (exact) mass is 449 g/mol. The molecule has 2 aromatic rings. The molecule has 1 aliphatic heterocycles. The molecule has 1 amide bonds. The van der Waals surface area contributed by atoms with Gasteiger partial charge in [-0.1, -0.05) is 18.2 Å². The molecule has 2 bridgehead atoms. The maximum Gasteiger partial charge on any atom is 0.522 e. The number of hydrogen-bond donors (Lipinski definition) is 1. The molecule has 7 rings (SSSR count). The summed E-state index contributed by atoms with van der Waals surface area (Å²) < 4.78 is 52.7.